The number of amides is 1. The van der Waals surface area contributed by atoms with Crippen LogP contribution in [0.4, 0.5) is 10.1 Å². The number of benzene rings is 2. The molecule has 8 nitrogen and oxygen atoms in total. The Bertz CT molecular complexity index is 1500. The summed E-state index contributed by atoms with van der Waals surface area (Å²) in [6.45, 7) is 8.22. The van der Waals surface area contributed by atoms with Gasteiger partial charge in [-0.1, -0.05) is 25.1 Å². The SMILES string of the molecule is CCc1cnc(CN2CCC(c3cc4c(cc3F)N=C(C(=O)N3CCN(Cc5ccc(C#N)cc5)CC3)C4)CC2)cn1. The zero-order valence-electron chi connectivity index (χ0n) is 24.1. The van der Waals surface area contributed by atoms with Crippen LogP contribution in [-0.4, -0.2) is 75.6 Å². The number of nitrogens with zero attached hydrogens (tertiary/aromatic N) is 7. The maximum absolute atomic E-state index is 15.3. The molecule has 3 aromatic rings. The van der Waals surface area contributed by atoms with E-state index < -0.39 is 0 Å². The van der Waals surface area contributed by atoms with Crippen LogP contribution in [0.3, 0.4) is 0 Å². The van der Waals surface area contributed by atoms with Gasteiger partial charge < -0.3 is 4.90 Å². The fraction of sp³-hybridized carbons (Fsp3) is 0.424. The Balaban J connectivity index is 1.01. The third kappa shape index (κ3) is 6.25. The Morgan fingerprint density at radius 2 is 1.64 bits per heavy atom. The van der Waals surface area contributed by atoms with Gasteiger partial charge in [-0.05, 0) is 67.1 Å². The molecule has 3 aliphatic rings. The van der Waals surface area contributed by atoms with Gasteiger partial charge in [-0.3, -0.25) is 24.6 Å². The molecule has 0 atom stereocenters. The lowest BCUT2D eigenvalue weighted by Gasteiger charge is -2.34. The van der Waals surface area contributed by atoms with Gasteiger partial charge in [-0.2, -0.15) is 5.26 Å². The van der Waals surface area contributed by atoms with Crippen LogP contribution in [0.1, 0.15) is 59.3 Å². The van der Waals surface area contributed by atoms with Crippen molar-refractivity contribution < 1.29 is 9.18 Å². The van der Waals surface area contributed by atoms with Crippen LogP contribution in [-0.2, 0) is 30.7 Å². The Morgan fingerprint density at radius 3 is 2.31 bits per heavy atom. The molecule has 0 radical (unpaired) electrons. The van der Waals surface area contributed by atoms with Gasteiger partial charge in [0.25, 0.3) is 5.91 Å². The van der Waals surface area contributed by atoms with Crippen LogP contribution < -0.4 is 0 Å². The van der Waals surface area contributed by atoms with E-state index in [-0.39, 0.29) is 17.6 Å². The molecule has 6 rings (SSSR count). The van der Waals surface area contributed by atoms with Crippen molar-refractivity contribution in [2.24, 2.45) is 4.99 Å². The van der Waals surface area contributed by atoms with Crippen molar-refractivity contribution in [2.45, 2.75) is 51.6 Å². The fourth-order valence-corrected chi connectivity index (χ4v) is 6.19. The Morgan fingerprint density at radius 1 is 0.952 bits per heavy atom. The molecule has 42 heavy (non-hydrogen) atoms. The summed E-state index contributed by atoms with van der Waals surface area (Å²) >= 11 is 0. The number of carbonyl (C=O) groups is 1. The molecule has 0 spiro atoms. The van der Waals surface area contributed by atoms with E-state index in [2.05, 4.69) is 37.8 Å². The summed E-state index contributed by atoms with van der Waals surface area (Å²) in [5, 5.41) is 9.00. The molecule has 2 saturated heterocycles. The number of nitriles is 1. The summed E-state index contributed by atoms with van der Waals surface area (Å²) in [4.78, 5) is 33.4. The quantitative estimate of drug-likeness (QED) is 0.422. The highest BCUT2D eigenvalue weighted by Crippen LogP contribution is 2.36. The second-order valence-corrected chi connectivity index (χ2v) is 11.5. The monoisotopic (exact) mass is 565 g/mol. The van der Waals surface area contributed by atoms with Crippen molar-refractivity contribution in [3.05, 3.63) is 88.3 Å². The van der Waals surface area contributed by atoms with Crippen molar-refractivity contribution >= 4 is 17.3 Å². The number of aliphatic imine (C=N–C) groups is 1. The van der Waals surface area contributed by atoms with E-state index in [1.807, 2.05) is 47.6 Å². The summed E-state index contributed by atoms with van der Waals surface area (Å²) < 4.78 is 15.3. The first-order valence-electron chi connectivity index (χ1n) is 14.9. The second kappa shape index (κ2) is 12.5. The van der Waals surface area contributed by atoms with Crippen LogP contribution in [0.15, 0.2) is 53.8 Å². The summed E-state index contributed by atoms with van der Waals surface area (Å²) in [5.41, 5.74) is 6.57. The average molecular weight is 566 g/mol. The number of piperidine rings is 1. The van der Waals surface area contributed by atoms with Gasteiger partial charge >= 0.3 is 0 Å². The molecule has 216 valence electrons. The molecule has 0 bridgehead atoms. The predicted octanol–water partition coefficient (Wildman–Crippen LogP) is 4.40. The van der Waals surface area contributed by atoms with E-state index in [1.54, 1.807) is 0 Å². The largest absolute Gasteiger partial charge is 0.335 e. The number of hydrogen-bond acceptors (Lipinski definition) is 7. The van der Waals surface area contributed by atoms with Crippen LogP contribution >= 0.6 is 0 Å². The molecule has 0 aliphatic carbocycles. The Hall–Kier alpha value is -4.00. The first kappa shape index (κ1) is 28.1. The lowest BCUT2D eigenvalue weighted by atomic mass is 9.87. The number of likely N-dealkylation sites (tertiary alicyclic amines) is 1. The molecule has 0 saturated carbocycles. The van der Waals surface area contributed by atoms with Gasteiger partial charge in [-0.25, -0.2) is 9.38 Å². The molecule has 0 N–H and O–H groups in total. The number of carbonyl (C=O) groups excluding carboxylic acids is 1. The topological polar surface area (TPSA) is 88.7 Å². The van der Waals surface area contributed by atoms with Gasteiger partial charge in [0.1, 0.15) is 11.5 Å². The number of hydrogen-bond donors (Lipinski definition) is 0. The molecule has 3 aliphatic heterocycles. The van der Waals surface area contributed by atoms with Crippen LogP contribution in [0, 0.1) is 17.1 Å². The van der Waals surface area contributed by atoms with Crippen molar-refractivity contribution in [2.75, 3.05) is 39.3 Å². The third-order valence-electron chi connectivity index (χ3n) is 8.74. The minimum atomic E-state index is -0.220. The van der Waals surface area contributed by atoms with Gasteiger partial charge in [0, 0.05) is 58.0 Å². The van der Waals surface area contributed by atoms with Crippen molar-refractivity contribution in [1.29, 1.82) is 5.26 Å². The van der Waals surface area contributed by atoms with E-state index in [9.17, 15) is 4.79 Å². The highest BCUT2D eigenvalue weighted by Gasteiger charge is 2.30. The second-order valence-electron chi connectivity index (χ2n) is 11.5. The summed E-state index contributed by atoms with van der Waals surface area (Å²) in [7, 11) is 0. The number of aryl methyl sites for hydroxylation is 1. The maximum Gasteiger partial charge on any atom is 0.268 e. The van der Waals surface area contributed by atoms with Crippen molar-refractivity contribution in [1.82, 2.24) is 24.7 Å². The molecular formula is C33H36FN7O. The smallest absolute Gasteiger partial charge is 0.268 e. The molecule has 1 amide bonds. The highest BCUT2D eigenvalue weighted by molar-refractivity contribution is 6.40. The van der Waals surface area contributed by atoms with Crippen molar-refractivity contribution in [3.63, 3.8) is 0 Å². The number of halogens is 1. The summed E-state index contributed by atoms with van der Waals surface area (Å²) in [5.74, 6) is -0.110. The Labute approximate surface area is 246 Å². The van der Waals surface area contributed by atoms with E-state index in [1.165, 1.54) is 6.07 Å². The molecule has 9 heteroatoms. The lowest BCUT2D eigenvalue weighted by molar-refractivity contribution is -0.125. The number of rotatable bonds is 7. The summed E-state index contributed by atoms with van der Waals surface area (Å²) in [6, 6.07) is 13.3. The van der Waals surface area contributed by atoms with Crippen LogP contribution in [0.25, 0.3) is 0 Å². The van der Waals surface area contributed by atoms with E-state index >= 15 is 4.39 Å². The number of piperazine rings is 1. The van der Waals surface area contributed by atoms with Gasteiger partial charge in [0.05, 0.1) is 34.9 Å². The molecule has 0 unspecified atom stereocenters. The fourth-order valence-electron chi connectivity index (χ4n) is 6.19. The van der Waals surface area contributed by atoms with E-state index in [4.69, 9.17) is 5.26 Å². The minimum Gasteiger partial charge on any atom is -0.335 e. The normalized spacial score (nSPS) is 18.0. The highest BCUT2D eigenvalue weighted by atomic mass is 19.1. The lowest BCUT2D eigenvalue weighted by Crippen LogP contribution is -2.50. The summed E-state index contributed by atoms with van der Waals surface area (Å²) in [6.07, 6.45) is 6.82. The molecule has 2 aromatic carbocycles. The zero-order valence-corrected chi connectivity index (χ0v) is 24.1. The van der Waals surface area contributed by atoms with Gasteiger partial charge in [-0.15, -0.1) is 0 Å². The van der Waals surface area contributed by atoms with E-state index in [0.717, 1.165) is 86.6 Å². The van der Waals surface area contributed by atoms with Crippen molar-refractivity contribution in [3.8, 4) is 6.07 Å². The molecule has 2 fully saturated rings. The van der Waals surface area contributed by atoms with E-state index in [0.29, 0.717) is 36.5 Å². The first-order valence-corrected chi connectivity index (χ1v) is 14.9. The number of fused-ring (bicyclic) bond motifs is 1. The average Bonchev–Trinajstić information content (AvgIpc) is 3.45. The number of aromatic nitrogens is 2. The molecular weight excluding hydrogens is 529 g/mol. The first-order chi connectivity index (χ1) is 20.5. The Kier molecular flexibility index (Phi) is 8.36. The minimum absolute atomic E-state index is 0.0467. The standard InChI is InChI=1S/C33H36FN7O/c1-2-27-19-37-28(20-36-27)22-39-9-7-25(8-10-39)29-15-26-16-32(38-31(26)17-30(29)34)33(42)41-13-11-40(12-14-41)21-24-5-3-23(18-35)4-6-24/h3-6,15,17,19-20,25H,2,7-14,16,21-22H2,1H3. The van der Waals surface area contributed by atoms with Crippen LogP contribution in [0.2, 0.25) is 0 Å². The zero-order chi connectivity index (χ0) is 29.1. The molecule has 4 heterocycles. The maximum atomic E-state index is 15.3. The molecule has 1 aromatic heterocycles. The predicted molar refractivity (Wildman–Crippen MR) is 159 cm³/mol. The van der Waals surface area contributed by atoms with Gasteiger partial charge in [0.2, 0.25) is 0 Å². The van der Waals surface area contributed by atoms with Gasteiger partial charge in [0.15, 0.2) is 0 Å². The van der Waals surface area contributed by atoms with Crippen LogP contribution in [0.5, 0.6) is 0 Å². The third-order valence-corrected chi connectivity index (χ3v) is 8.74.